The molecule has 0 unspecified atom stereocenters. The van der Waals surface area contributed by atoms with Crippen LogP contribution in [0.4, 0.5) is 0 Å². The molecule has 0 radical (unpaired) electrons. The van der Waals surface area contributed by atoms with Crippen LogP contribution in [-0.4, -0.2) is 43.6 Å². The molecule has 3 aromatic rings. The third-order valence-electron chi connectivity index (χ3n) is 5.57. The fraction of sp³-hybridized carbons (Fsp3) is 0.421. The minimum atomic E-state index is -0.0719. The predicted molar refractivity (Wildman–Crippen MR) is 97.3 cm³/mol. The number of hydrogen-bond acceptors (Lipinski definition) is 3. The van der Waals surface area contributed by atoms with Crippen molar-refractivity contribution >= 4 is 16.9 Å². The molecule has 5 rings (SSSR count). The molecular weight excluding hydrogens is 330 g/mol. The Morgan fingerprint density at radius 1 is 1.12 bits per heavy atom. The van der Waals surface area contributed by atoms with Crippen molar-refractivity contribution < 1.29 is 4.79 Å². The highest BCUT2D eigenvalue weighted by atomic mass is 16.2. The predicted octanol–water partition coefficient (Wildman–Crippen LogP) is 2.41. The summed E-state index contributed by atoms with van der Waals surface area (Å²) in [5.74, 6) is 0.543. The highest BCUT2D eigenvalue weighted by molar-refractivity contribution is 5.92. The number of piperidine rings is 1. The van der Waals surface area contributed by atoms with Crippen LogP contribution in [0.5, 0.6) is 0 Å². The first-order valence-electron chi connectivity index (χ1n) is 9.24. The van der Waals surface area contributed by atoms with Gasteiger partial charge in [0.2, 0.25) is 0 Å². The van der Waals surface area contributed by atoms with Crippen LogP contribution in [-0.2, 0) is 0 Å². The lowest BCUT2D eigenvalue weighted by Gasteiger charge is -2.32. The molecule has 1 aliphatic heterocycles. The van der Waals surface area contributed by atoms with Crippen LogP contribution < -0.4 is 5.69 Å². The molecule has 1 saturated heterocycles. The van der Waals surface area contributed by atoms with Gasteiger partial charge >= 0.3 is 5.69 Å². The zero-order valence-electron chi connectivity index (χ0n) is 14.4. The Morgan fingerprint density at radius 3 is 2.65 bits per heavy atom. The molecule has 3 heterocycles. The van der Waals surface area contributed by atoms with Crippen LogP contribution in [0.1, 0.15) is 53.8 Å². The maximum atomic E-state index is 12.7. The summed E-state index contributed by atoms with van der Waals surface area (Å²) in [4.78, 5) is 29.8. The SMILES string of the molecule is O=C(c1cc(C2CC2)[nH]n1)N1CCC(n2c(=O)[nH]c3ccccc32)CC1. The summed E-state index contributed by atoms with van der Waals surface area (Å²) in [7, 11) is 0. The number of aromatic amines is 2. The topological polar surface area (TPSA) is 86.8 Å². The first kappa shape index (κ1) is 15.4. The molecule has 2 N–H and O–H groups in total. The van der Waals surface area contributed by atoms with Gasteiger partial charge in [0.1, 0.15) is 5.69 Å². The lowest BCUT2D eigenvalue weighted by atomic mass is 10.0. The first-order chi connectivity index (χ1) is 12.7. The fourth-order valence-corrected chi connectivity index (χ4v) is 3.98. The molecule has 1 saturated carbocycles. The molecule has 26 heavy (non-hydrogen) atoms. The number of nitrogens with one attached hydrogen (secondary N) is 2. The van der Waals surface area contributed by atoms with E-state index in [2.05, 4.69) is 15.2 Å². The zero-order valence-corrected chi connectivity index (χ0v) is 14.4. The third kappa shape index (κ3) is 2.55. The monoisotopic (exact) mass is 351 g/mol. The van der Waals surface area contributed by atoms with Gasteiger partial charge in [-0.3, -0.25) is 14.5 Å². The number of nitrogens with zero attached hydrogens (tertiary/aromatic N) is 3. The summed E-state index contributed by atoms with van der Waals surface area (Å²) in [6.45, 7) is 1.28. The van der Waals surface area contributed by atoms with Gasteiger partial charge in [-0.1, -0.05) is 12.1 Å². The number of H-pyrrole nitrogens is 2. The molecule has 1 aromatic carbocycles. The zero-order chi connectivity index (χ0) is 17.7. The van der Waals surface area contributed by atoms with Crippen molar-refractivity contribution in [3.05, 3.63) is 52.2 Å². The molecule has 1 aliphatic carbocycles. The average Bonchev–Trinajstić information content (AvgIpc) is 3.29. The van der Waals surface area contributed by atoms with Gasteiger partial charge in [0, 0.05) is 30.7 Å². The quantitative estimate of drug-likeness (QED) is 0.760. The lowest BCUT2D eigenvalue weighted by molar-refractivity contribution is 0.0689. The molecule has 7 nitrogen and oxygen atoms in total. The van der Waals surface area contributed by atoms with Gasteiger partial charge in [-0.2, -0.15) is 5.10 Å². The van der Waals surface area contributed by atoms with Crippen molar-refractivity contribution in [1.29, 1.82) is 0 Å². The Morgan fingerprint density at radius 2 is 1.88 bits per heavy atom. The van der Waals surface area contributed by atoms with Gasteiger partial charge in [-0.05, 0) is 43.9 Å². The van der Waals surface area contributed by atoms with Gasteiger partial charge in [-0.25, -0.2) is 4.79 Å². The highest BCUT2D eigenvalue weighted by Crippen LogP contribution is 2.39. The van der Waals surface area contributed by atoms with Gasteiger partial charge in [0.05, 0.1) is 11.0 Å². The fourth-order valence-electron chi connectivity index (χ4n) is 3.98. The number of rotatable bonds is 3. The minimum Gasteiger partial charge on any atom is -0.337 e. The second-order valence-electron chi connectivity index (χ2n) is 7.32. The van der Waals surface area contributed by atoms with Crippen LogP contribution >= 0.6 is 0 Å². The standard InChI is InChI=1S/C19H21N5O2/c25-18(16-11-15(21-22-16)12-5-6-12)23-9-7-13(8-10-23)24-17-4-2-1-3-14(17)20-19(24)26/h1-4,11-13H,5-10H2,(H,20,26)(H,21,22). The molecule has 7 heteroatoms. The number of carbonyl (C=O) groups is 1. The Labute approximate surface area is 150 Å². The molecule has 0 spiro atoms. The molecule has 134 valence electrons. The molecule has 1 amide bonds. The summed E-state index contributed by atoms with van der Waals surface area (Å²) < 4.78 is 1.84. The van der Waals surface area contributed by atoms with E-state index in [1.807, 2.05) is 39.8 Å². The Hall–Kier alpha value is -2.83. The Bertz CT molecular complexity index is 1020. The minimum absolute atomic E-state index is 0.0159. The number of likely N-dealkylation sites (tertiary alicyclic amines) is 1. The van der Waals surface area contributed by atoms with Crippen molar-refractivity contribution in [2.24, 2.45) is 0 Å². The van der Waals surface area contributed by atoms with E-state index >= 15 is 0 Å². The van der Waals surface area contributed by atoms with E-state index in [0.717, 1.165) is 29.6 Å². The Balaban J connectivity index is 1.31. The van der Waals surface area contributed by atoms with E-state index in [9.17, 15) is 9.59 Å². The van der Waals surface area contributed by atoms with Crippen molar-refractivity contribution in [1.82, 2.24) is 24.6 Å². The summed E-state index contributed by atoms with van der Waals surface area (Å²) in [5, 5.41) is 7.20. The van der Waals surface area contributed by atoms with Crippen LogP contribution in [0.3, 0.4) is 0 Å². The van der Waals surface area contributed by atoms with E-state index in [4.69, 9.17) is 0 Å². The summed E-state index contributed by atoms with van der Waals surface area (Å²) in [5.41, 5.74) is 3.31. The highest BCUT2D eigenvalue weighted by Gasteiger charge is 2.30. The van der Waals surface area contributed by atoms with Crippen LogP contribution in [0, 0.1) is 0 Å². The van der Waals surface area contributed by atoms with Crippen LogP contribution in [0.15, 0.2) is 35.1 Å². The number of fused-ring (bicyclic) bond motifs is 1. The molecule has 0 bridgehead atoms. The van der Waals surface area contributed by atoms with E-state index in [0.29, 0.717) is 24.7 Å². The molecule has 0 atom stereocenters. The second kappa shape index (κ2) is 5.86. The number of carbonyl (C=O) groups excluding carboxylic acids is 1. The summed E-state index contributed by atoms with van der Waals surface area (Å²) in [6.07, 6.45) is 3.90. The largest absolute Gasteiger partial charge is 0.337 e. The molecule has 2 aromatic heterocycles. The third-order valence-corrected chi connectivity index (χ3v) is 5.57. The number of para-hydroxylation sites is 2. The first-order valence-corrected chi connectivity index (χ1v) is 9.24. The van der Waals surface area contributed by atoms with Gasteiger partial charge in [0.15, 0.2) is 0 Å². The number of aromatic nitrogens is 4. The van der Waals surface area contributed by atoms with Gasteiger partial charge in [0.25, 0.3) is 5.91 Å². The van der Waals surface area contributed by atoms with Gasteiger partial charge in [-0.15, -0.1) is 0 Å². The molecule has 2 aliphatic rings. The van der Waals surface area contributed by atoms with E-state index in [1.54, 1.807) is 0 Å². The molecule has 2 fully saturated rings. The maximum Gasteiger partial charge on any atom is 0.326 e. The maximum absolute atomic E-state index is 12.7. The van der Waals surface area contributed by atoms with Crippen molar-refractivity contribution in [3.63, 3.8) is 0 Å². The normalized spacial score (nSPS) is 18.5. The number of benzene rings is 1. The lowest BCUT2D eigenvalue weighted by Crippen LogP contribution is -2.40. The van der Waals surface area contributed by atoms with Crippen molar-refractivity contribution in [2.45, 2.75) is 37.6 Å². The van der Waals surface area contributed by atoms with E-state index < -0.39 is 0 Å². The Kier molecular flexibility index (Phi) is 3.48. The van der Waals surface area contributed by atoms with Crippen molar-refractivity contribution in [2.75, 3.05) is 13.1 Å². The molecular formula is C19H21N5O2. The second-order valence-corrected chi connectivity index (χ2v) is 7.32. The van der Waals surface area contributed by atoms with Crippen LogP contribution in [0.25, 0.3) is 11.0 Å². The van der Waals surface area contributed by atoms with E-state index in [-0.39, 0.29) is 17.6 Å². The van der Waals surface area contributed by atoms with E-state index in [1.165, 1.54) is 12.8 Å². The smallest absolute Gasteiger partial charge is 0.326 e. The van der Waals surface area contributed by atoms with Crippen LogP contribution in [0.2, 0.25) is 0 Å². The average molecular weight is 351 g/mol. The van der Waals surface area contributed by atoms with Crippen molar-refractivity contribution in [3.8, 4) is 0 Å². The summed E-state index contributed by atoms with van der Waals surface area (Å²) in [6, 6.07) is 9.76. The number of hydrogen-bond donors (Lipinski definition) is 2. The summed E-state index contributed by atoms with van der Waals surface area (Å²) >= 11 is 0. The number of imidazole rings is 1. The number of amides is 1. The van der Waals surface area contributed by atoms with Gasteiger partial charge < -0.3 is 9.88 Å².